The van der Waals surface area contributed by atoms with E-state index in [1.165, 1.54) is 11.1 Å². The Labute approximate surface area is 151 Å². The fourth-order valence-corrected chi connectivity index (χ4v) is 6.32. The number of rotatable bonds is 0. The lowest BCUT2D eigenvalue weighted by atomic mass is 9.53. The Morgan fingerprint density at radius 3 is 2.78 bits per heavy atom. The number of halogens is 1. The third kappa shape index (κ3) is 2.04. The van der Waals surface area contributed by atoms with E-state index < -0.39 is 5.60 Å². The zero-order chi connectivity index (χ0) is 16.4. The number of aliphatic hydroxyl groups is 1. The van der Waals surface area contributed by atoms with Crippen LogP contribution in [-0.4, -0.2) is 15.8 Å². The molecule has 0 aliphatic heterocycles. The summed E-state index contributed by atoms with van der Waals surface area (Å²) in [5, 5.41) is 21.0. The van der Waals surface area contributed by atoms with Gasteiger partial charge >= 0.3 is 0 Å². The van der Waals surface area contributed by atoms with Crippen LogP contribution in [0, 0.1) is 33.2 Å². The number of aromatic hydroxyl groups is 1. The zero-order valence-electron chi connectivity index (χ0n) is 13.5. The summed E-state index contributed by atoms with van der Waals surface area (Å²) in [6.07, 6.45) is 11.8. The molecule has 2 nitrogen and oxygen atoms in total. The van der Waals surface area contributed by atoms with Crippen molar-refractivity contribution in [3.8, 4) is 18.1 Å². The van der Waals surface area contributed by atoms with E-state index in [0.29, 0.717) is 23.5 Å². The van der Waals surface area contributed by atoms with Crippen molar-refractivity contribution in [3.63, 3.8) is 0 Å². The SMILES string of the molecule is C#C[C@]1(O)CC[C@H]2[C@@H]3CCc4cc(O)c(I)cc4[C@H]3CC[C@@]21C. The molecule has 0 aromatic heterocycles. The second-order valence-electron chi connectivity index (χ2n) is 7.92. The number of benzene rings is 1. The lowest BCUT2D eigenvalue weighted by Gasteiger charge is -2.52. The van der Waals surface area contributed by atoms with Crippen LogP contribution in [0.15, 0.2) is 12.1 Å². The van der Waals surface area contributed by atoms with Gasteiger partial charge in [-0.15, -0.1) is 6.42 Å². The highest BCUT2D eigenvalue weighted by atomic mass is 127. The average molecular weight is 422 g/mol. The van der Waals surface area contributed by atoms with Crippen LogP contribution in [0.2, 0.25) is 0 Å². The van der Waals surface area contributed by atoms with E-state index in [-0.39, 0.29) is 5.41 Å². The first-order chi connectivity index (χ1) is 10.9. The van der Waals surface area contributed by atoms with E-state index in [1.54, 1.807) is 0 Å². The highest BCUT2D eigenvalue weighted by Crippen LogP contribution is 2.64. The molecule has 1 aromatic rings. The Balaban J connectivity index is 1.74. The highest BCUT2D eigenvalue weighted by Gasteiger charge is 2.61. The predicted octanol–water partition coefficient (Wildman–Crippen LogP) is 4.22. The molecule has 0 radical (unpaired) electrons. The van der Waals surface area contributed by atoms with Crippen molar-refractivity contribution in [2.45, 2.75) is 57.0 Å². The number of hydrogen-bond donors (Lipinski definition) is 2. The first kappa shape index (κ1) is 15.8. The van der Waals surface area contributed by atoms with Gasteiger partial charge in [-0.1, -0.05) is 12.8 Å². The van der Waals surface area contributed by atoms with Gasteiger partial charge in [0.15, 0.2) is 0 Å². The second-order valence-corrected chi connectivity index (χ2v) is 9.08. The summed E-state index contributed by atoms with van der Waals surface area (Å²) in [6.45, 7) is 2.22. The van der Waals surface area contributed by atoms with Crippen LogP contribution in [0.25, 0.3) is 0 Å². The molecule has 3 aliphatic rings. The van der Waals surface area contributed by atoms with Crippen molar-refractivity contribution in [2.75, 3.05) is 0 Å². The van der Waals surface area contributed by atoms with Crippen molar-refractivity contribution >= 4 is 22.6 Å². The molecule has 2 fully saturated rings. The van der Waals surface area contributed by atoms with Gasteiger partial charge in [-0.25, -0.2) is 0 Å². The number of phenolic OH excluding ortho intramolecular Hbond substituents is 1. The third-order valence-corrected chi connectivity index (χ3v) is 8.05. The van der Waals surface area contributed by atoms with Gasteiger partial charge in [0.2, 0.25) is 0 Å². The average Bonchev–Trinajstić information content (AvgIpc) is 2.81. The van der Waals surface area contributed by atoms with Crippen molar-refractivity contribution in [2.24, 2.45) is 17.3 Å². The fourth-order valence-electron chi connectivity index (χ4n) is 5.83. The summed E-state index contributed by atoms with van der Waals surface area (Å²) < 4.78 is 0.946. The molecule has 2 saturated carbocycles. The quantitative estimate of drug-likeness (QED) is 0.486. The van der Waals surface area contributed by atoms with Gasteiger partial charge in [0.05, 0.1) is 3.57 Å². The van der Waals surface area contributed by atoms with Crippen molar-refractivity contribution in [1.82, 2.24) is 0 Å². The monoisotopic (exact) mass is 422 g/mol. The molecule has 0 spiro atoms. The standard InChI is InChI=1S/C20H23IO2/c1-3-20(23)9-7-16-14-5-4-12-10-18(22)17(21)11-15(12)13(14)6-8-19(16,20)2/h1,10-11,13-14,16,22-23H,4-9H2,2H3/t13-,14+,16-,19-,20-/m0/s1. The van der Waals surface area contributed by atoms with Crippen molar-refractivity contribution < 1.29 is 10.2 Å². The fraction of sp³-hybridized carbons (Fsp3) is 0.600. The molecule has 3 aliphatic carbocycles. The smallest absolute Gasteiger partial charge is 0.130 e. The molecular weight excluding hydrogens is 399 g/mol. The summed E-state index contributed by atoms with van der Waals surface area (Å²) in [6, 6.07) is 4.15. The van der Waals surface area contributed by atoms with Gasteiger partial charge in [0.25, 0.3) is 0 Å². The highest BCUT2D eigenvalue weighted by molar-refractivity contribution is 14.1. The molecule has 1 aromatic carbocycles. The second kappa shape index (κ2) is 5.13. The molecule has 3 heteroatoms. The Hall–Kier alpha value is -0.730. The van der Waals surface area contributed by atoms with Gasteiger partial charge in [-0.2, -0.15) is 0 Å². The number of fused-ring (bicyclic) bond motifs is 5. The van der Waals surface area contributed by atoms with Crippen LogP contribution in [-0.2, 0) is 6.42 Å². The van der Waals surface area contributed by atoms with Crippen LogP contribution in [0.3, 0.4) is 0 Å². The minimum atomic E-state index is -0.924. The number of hydrogen-bond acceptors (Lipinski definition) is 2. The Morgan fingerprint density at radius 2 is 2.04 bits per heavy atom. The molecule has 0 unspecified atom stereocenters. The Morgan fingerprint density at radius 1 is 1.26 bits per heavy atom. The molecular formula is C20H23IO2. The van der Waals surface area contributed by atoms with Gasteiger partial charge in [-0.3, -0.25) is 0 Å². The number of aryl methyl sites for hydroxylation is 1. The lowest BCUT2D eigenvalue weighted by molar-refractivity contribution is -0.0647. The summed E-state index contributed by atoms with van der Waals surface area (Å²) in [5.74, 6) is 4.83. The minimum Gasteiger partial charge on any atom is -0.507 e. The van der Waals surface area contributed by atoms with Crippen LogP contribution in [0.4, 0.5) is 0 Å². The third-order valence-electron chi connectivity index (χ3n) is 7.18. The van der Waals surface area contributed by atoms with Gasteiger partial charge in [0.1, 0.15) is 11.4 Å². The first-order valence-electron chi connectivity index (χ1n) is 8.61. The Bertz CT molecular complexity index is 706. The molecule has 0 bridgehead atoms. The van der Waals surface area contributed by atoms with Gasteiger partial charge in [-0.05, 0) is 102 Å². The van der Waals surface area contributed by atoms with Gasteiger partial charge < -0.3 is 10.2 Å². The molecule has 2 N–H and O–H groups in total. The van der Waals surface area contributed by atoms with E-state index in [2.05, 4.69) is 41.5 Å². The predicted molar refractivity (Wildman–Crippen MR) is 99.2 cm³/mol. The van der Waals surface area contributed by atoms with E-state index in [9.17, 15) is 10.2 Å². The van der Waals surface area contributed by atoms with Crippen molar-refractivity contribution in [1.29, 1.82) is 0 Å². The molecule has 4 rings (SSSR count). The molecule has 0 saturated heterocycles. The lowest BCUT2D eigenvalue weighted by Crippen LogP contribution is -2.50. The summed E-state index contributed by atoms with van der Waals surface area (Å²) in [4.78, 5) is 0. The zero-order valence-corrected chi connectivity index (χ0v) is 15.6. The van der Waals surface area contributed by atoms with Crippen LogP contribution in [0.1, 0.15) is 56.1 Å². The number of phenols is 1. The summed E-state index contributed by atoms with van der Waals surface area (Å²) >= 11 is 2.22. The summed E-state index contributed by atoms with van der Waals surface area (Å²) in [5.41, 5.74) is 1.69. The van der Waals surface area contributed by atoms with E-state index in [4.69, 9.17) is 6.42 Å². The maximum Gasteiger partial charge on any atom is 0.130 e. The van der Waals surface area contributed by atoms with Gasteiger partial charge in [0, 0.05) is 5.41 Å². The minimum absolute atomic E-state index is 0.134. The molecule has 5 atom stereocenters. The van der Waals surface area contributed by atoms with E-state index in [0.717, 1.165) is 42.1 Å². The maximum absolute atomic E-state index is 11.0. The van der Waals surface area contributed by atoms with Crippen LogP contribution >= 0.6 is 22.6 Å². The maximum atomic E-state index is 11.0. The molecule has 23 heavy (non-hydrogen) atoms. The molecule has 122 valence electrons. The normalized spacial score (nSPS) is 41.6. The van der Waals surface area contributed by atoms with Crippen molar-refractivity contribution in [3.05, 3.63) is 26.8 Å². The topological polar surface area (TPSA) is 40.5 Å². The molecule has 0 heterocycles. The first-order valence-corrected chi connectivity index (χ1v) is 9.69. The van der Waals surface area contributed by atoms with Crippen LogP contribution in [0.5, 0.6) is 5.75 Å². The molecule has 0 amide bonds. The van der Waals surface area contributed by atoms with Crippen LogP contribution < -0.4 is 0 Å². The Kier molecular flexibility index (Phi) is 3.52. The van der Waals surface area contributed by atoms with E-state index in [1.807, 2.05) is 6.07 Å². The van der Waals surface area contributed by atoms with E-state index >= 15 is 0 Å². The number of terminal acetylenes is 1. The largest absolute Gasteiger partial charge is 0.507 e. The summed E-state index contributed by atoms with van der Waals surface area (Å²) in [7, 11) is 0.